The third kappa shape index (κ3) is 2.72. The van der Waals surface area contributed by atoms with Crippen LogP contribution in [0.15, 0.2) is 12.2 Å². The molecule has 0 radical (unpaired) electrons. The highest BCUT2D eigenvalue weighted by Gasteiger charge is 2.18. The summed E-state index contributed by atoms with van der Waals surface area (Å²) in [4.78, 5) is 10.6. The molecule has 0 aromatic heterocycles. The average Bonchev–Trinajstić information content (AvgIpc) is 1.84. The van der Waals surface area contributed by atoms with Crippen molar-refractivity contribution in [3.63, 3.8) is 0 Å². The Morgan fingerprint density at radius 3 is 3.09 bits per heavy atom. The predicted molar refractivity (Wildman–Crippen MR) is 41.2 cm³/mol. The molecule has 11 heavy (non-hydrogen) atoms. The molecule has 0 spiro atoms. The number of quaternary nitrogens is 1. The zero-order valence-corrected chi connectivity index (χ0v) is 6.49. The molecule has 1 aliphatic heterocycles. The Morgan fingerprint density at radius 1 is 1.55 bits per heavy atom. The van der Waals surface area contributed by atoms with Crippen LogP contribution in [0, 0.1) is 0 Å². The first kappa shape index (κ1) is 8.27. The van der Waals surface area contributed by atoms with Gasteiger partial charge < -0.3 is 10.4 Å². The van der Waals surface area contributed by atoms with Gasteiger partial charge >= 0.3 is 5.97 Å². The largest absolute Gasteiger partial charge is 0.477 e. The molecule has 1 heterocycles. The molecule has 0 amide bonds. The molecule has 62 valence electrons. The number of nitrogens with two attached hydrogens (primary N) is 1. The summed E-state index contributed by atoms with van der Waals surface area (Å²) in [5, 5.41) is 10.6. The number of hydrogen-bond acceptors (Lipinski definition) is 1. The molecule has 0 aliphatic carbocycles. The second kappa shape index (κ2) is 4.13. The first-order valence-electron chi connectivity index (χ1n) is 4.02. The smallest absolute Gasteiger partial charge is 0.362 e. The topological polar surface area (TPSA) is 53.9 Å². The standard InChI is InChI=1S/C8H13NO2/c10-8(11)7-5-3-1-2-4-6-9-7/h1,3,7,9H,2,4-6H2,(H,10,11)/p+1/b3-1-/t7-/m0/s1. The minimum atomic E-state index is -0.698. The highest BCUT2D eigenvalue weighted by molar-refractivity contribution is 5.71. The number of allylic oxidation sites excluding steroid dienone is 1. The minimum Gasteiger partial charge on any atom is -0.477 e. The Morgan fingerprint density at radius 2 is 2.36 bits per heavy atom. The van der Waals surface area contributed by atoms with Crippen molar-refractivity contribution in [1.82, 2.24) is 0 Å². The van der Waals surface area contributed by atoms with Gasteiger partial charge in [0.2, 0.25) is 0 Å². The molecular formula is C8H14NO2+. The summed E-state index contributed by atoms with van der Waals surface area (Å²) in [6.07, 6.45) is 6.87. The van der Waals surface area contributed by atoms with Gasteiger partial charge in [-0.1, -0.05) is 12.2 Å². The van der Waals surface area contributed by atoms with Gasteiger partial charge in [0.15, 0.2) is 6.04 Å². The second-order valence-electron chi connectivity index (χ2n) is 2.82. The van der Waals surface area contributed by atoms with E-state index in [1.54, 1.807) is 0 Å². The van der Waals surface area contributed by atoms with Crippen molar-refractivity contribution in [2.45, 2.75) is 25.3 Å². The van der Waals surface area contributed by atoms with E-state index in [0.29, 0.717) is 6.42 Å². The van der Waals surface area contributed by atoms with Crippen LogP contribution in [0.5, 0.6) is 0 Å². The summed E-state index contributed by atoms with van der Waals surface area (Å²) in [5.74, 6) is -0.698. The highest BCUT2D eigenvalue weighted by Crippen LogP contribution is 1.96. The summed E-state index contributed by atoms with van der Waals surface area (Å²) in [5.41, 5.74) is 0. The van der Waals surface area contributed by atoms with Crippen molar-refractivity contribution >= 4 is 5.97 Å². The van der Waals surface area contributed by atoms with Gasteiger partial charge in [0.05, 0.1) is 6.54 Å². The predicted octanol–water partition coefficient (Wildman–Crippen LogP) is -0.257. The summed E-state index contributed by atoms with van der Waals surface area (Å²) >= 11 is 0. The average molecular weight is 156 g/mol. The number of carboxylic acid groups (broad SMARTS) is 1. The summed E-state index contributed by atoms with van der Waals surface area (Å²) in [6, 6.07) is -0.258. The molecule has 0 aromatic carbocycles. The van der Waals surface area contributed by atoms with Gasteiger partial charge in [0.25, 0.3) is 0 Å². The van der Waals surface area contributed by atoms with E-state index in [4.69, 9.17) is 5.11 Å². The maximum Gasteiger partial charge on any atom is 0.362 e. The van der Waals surface area contributed by atoms with Crippen LogP contribution in [-0.2, 0) is 4.79 Å². The number of aliphatic carboxylic acids is 1. The zero-order chi connectivity index (χ0) is 8.10. The van der Waals surface area contributed by atoms with Gasteiger partial charge in [-0.3, -0.25) is 0 Å². The molecule has 0 saturated heterocycles. The fraction of sp³-hybridized carbons (Fsp3) is 0.625. The van der Waals surface area contributed by atoms with Crippen molar-refractivity contribution in [2.24, 2.45) is 0 Å². The lowest BCUT2D eigenvalue weighted by Crippen LogP contribution is -2.92. The van der Waals surface area contributed by atoms with Crippen molar-refractivity contribution < 1.29 is 15.2 Å². The quantitative estimate of drug-likeness (QED) is 0.514. The number of rotatable bonds is 1. The van der Waals surface area contributed by atoms with Gasteiger partial charge in [-0.15, -0.1) is 0 Å². The van der Waals surface area contributed by atoms with E-state index in [2.05, 4.69) is 6.08 Å². The zero-order valence-electron chi connectivity index (χ0n) is 6.49. The van der Waals surface area contributed by atoms with Gasteiger partial charge in [-0.25, -0.2) is 4.79 Å². The molecule has 0 unspecified atom stereocenters. The maximum atomic E-state index is 10.6. The first-order chi connectivity index (χ1) is 5.30. The van der Waals surface area contributed by atoms with E-state index in [-0.39, 0.29) is 6.04 Å². The third-order valence-corrected chi connectivity index (χ3v) is 1.90. The lowest BCUT2D eigenvalue weighted by molar-refractivity contribution is -0.678. The number of carbonyl (C=O) groups is 1. The molecule has 0 fully saturated rings. The fourth-order valence-electron chi connectivity index (χ4n) is 1.21. The molecule has 0 bridgehead atoms. The molecule has 3 heteroatoms. The molecular weight excluding hydrogens is 142 g/mol. The van der Waals surface area contributed by atoms with Crippen LogP contribution in [0.25, 0.3) is 0 Å². The first-order valence-corrected chi connectivity index (χ1v) is 4.02. The Kier molecular flexibility index (Phi) is 3.11. The molecule has 3 nitrogen and oxygen atoms in total. The van der Waals surface area contributed by atoms with Crippen LogP contribution in [0.1, 0.15) is 19.3 Å². The van der Waals surface area contributed by atoms with Crippen LogP contribution >= 0.6 is 0 Å². The molecule has 0 saturated carbocycles. The van der Waals surface area contributed by atoms with E-state index in [1.165, 1.54) is 0 Å². The molecule has 3 N–H and O–H groups in total. The van der Waals surface area contributed by atoms with E-state index < -0.39 is 5.97 Å². The third-order valence-electron chi connectivity index (χ3n) is 1.90. The Bertz CT molecular complexity index is 165. The van der Waals surface area contributed by atoms with Crippen molar-refractivity contribution in [3.05, 3.63) is 12.2 Å². The van der Waals surface area contributed by atoms with Gasteiger partial charge in [0.1, 0.15) is 0 Å². The maximum absolute atomic E-state index is 10.6. The summed E-state index contributed by atoms with van der Waals surface area (Å²) < 4.78 is 0. The second-order valence-corrected chi connectivity index (χ2v) is 2.82. The Labute approximate surface area is 66.1 Å². The lowest BCUT2D eigenvalue weighted by atomic mass is 10.1. The van der Waals surface area contributed by atoms with Crippen molar-refractivity contribution in [1.29, 1.82) is 0 Å². The van der Waals surface area contributed by atoms with E-state index in [9.17, 15) is 4.79 Å². The molecule has 1 aliphatic rings. The number of hydrogen-bond donors (Lipinski definition) is 2. The summed E-state index contributed by atoms with van der Waals surface area (Å²) in [6.45, 7) is 0.932. The molecule has 0 aromatic rings. The van der Waals surface area contributed by atoms with Gasteiger partial charge in [0, 0.05) is 6.42 Å². The van der Waals surface area contributed by atoms with Crippen LogP contribution in [0.3, 0.4) is 0 Å². The number of carboxylic acids is 1. The van der Waals surface area contributed by atoms with Crippen molar-refractivity contribution in [3.8, 4) is 0 Å². The minimum absolute atomic E-state index is 0.258. The normalized spacial score (nSPS) is 28.5. The molecule has 1 atom stereocenters. The van der Waals surface area contributed by atoms with E-state index in [1.807, 2.05) is 11.4 Å². The van der Waals surface area contributed by atoms with Crippen molar-refractivity contribution in [2.75, 3.05) is 6.54 Å². The Hall–Kier alpha value is -0.830. The van der Waals surface area contributed by atoms with Gasteiger partial charge in [-0.2, -0.15) is 0 Å². The van der Waals surface area contributed by atoms with E-state index in [0.717, 1.165) is 19.4 Å². The monoisotopic (exact) mass is 156 g/mol. The Balaban J connectivity index is 2.45. The van der Waals surface area contributed by atoms with Crippen LogP contribution in [0.2, 0.25) is 0 Å². The van der Waals surface area contributed by atoms with E-state index >= 15 is 0 Å². The van der Waals surface area contributed by atoms with Crippen LogP contribution < -0.4 is 5.32 Å². The van der Waals surface area contributed by atoms with Gasteiger partial charge in [-0.05, 0) is 12.8 Å². The molecule has 1 rings (SSSR count). The SMILES string of the molecule is O=C(O)[C@@H]1C/C=C\CCC[NH2+]1. The fourth-order valence-corrected chi connectivity index (χ4v) is 1.21. The highest BCUT2D eigenvalue weighted by atomic mass is 16.4. The van der Waals surface area contributed by atoms with Crippen LogP contribution in [-0.4, -0.2) is 23.7 Å². The lowest BCUT2D eigenvalue weighted by Gasteiger charge is -2.10. The summed E-state index contributed by atoms with van der Waals surface area (Å²) in [7, 11) is 0. The van der Waals surface area contributed by atoms with Crippen LogP contribution in [0.4, 0.5) is 0 Å².